The Bertz CT molecular complexity index is 1380. The van der Waals surface area contributed by atoms with Gasteiger partial charge >= 0.3 is 0 Å². The zero-order valence-corrected chi connectivity index (χ0v) is 22.0. The number of hydrogen-bond donors (Lipinski definition) is 0. The summed E-state index contributed by atoms with van der Waals surface area (Å²) >= 11 is 1.32. The number of benzene rings is 2. The Balaban J connectivity index is 1.51. The summed E-state index contributed by atoms with van der Waals surface area (Å²) in [5.74, 6) is 2.73. The number of hydrogen-bond acceptors (Lipinski definition) is 7. The van der Waals surface area contributed by atoms with Gasteiger partial charge in [-0.1, -0.05) is 50.5 Å². The van der Waals surface area contributed by atoms with Crippen molar-refractivity contribution in [3.05, 3.63) is 62.9 Å². The van der Waals surface area contributed by atoms with Crippen LogP contribution in [0.5, 0.6) is 17.2 Å². The summed E-state index contributed by atoms with van der Waals surface area (Å²) in [7, 11) is 0. The van der Waals surface area contributed by atoms with Gasteiger partial charge in [0, 0.05) is 5.56 Å². The van der Waals surface area contributed by atoms with E-state index in [4.69, 9.17) is 14.2 Å². The molecule has 190 valence electrons. The lowest BCUT2D eigenvalue weighted by atomic mass is 10.2. The highest BCUT2D eigenvalue weighted by atomic mass is 32.1. The van der Waals surface area contributed by atoms with Crippen molar-refractivity contribution >= 4 is 22.4 Å². The highest BCUT2D eigenvalue weighted by molar-refractivity contribution is 7.15. The van der Waals surface area contributed by atoms with Crippen molar-refractivity contribution in [2.45, 2.75) is 52.9 Å². The number of unbranched alkanes of at least 4 members (excludes halogenated alkanes) is 3. The largest absolute Gasteiger partial charge is 0.494 e. The maximum Gasteiger partial charge on any atom is 0.291 e. The zero-order valence-electron chi connectivity index (χ0n) is 21.2. The van der Waals surface area contributed by atoms with Crippen LogP contribution in [-0.2, 0) is 0 Å². The maximum atomic E-state index is 13.0. The van der Waals surface area contributed by atoms with Crippen molar-refractivity contribution in [2.75, 3.05) is 19.8 Å². The SMILES string of the molecule is CCCCCCOc1ccc(-c2nc3s/c(=C/c4ccc(OCCC)c(OCC)c4)c(=O)n3n2)cc1. The topological polar surface area (TPSA) is 75.0 Å². The normalized spacial score (nSPS) is 11.8. The van der Waals surface area contributed by atoms with Gasteiger partial charge in [-0.05, 0) is 67.8 Å². The van der Waals surface area contributed by atoms with Crippen LogP contribution >= 0.6 is 11.3 Å². The molecule has 0 unspecified atom stereocenters. The van der Waals surface area contributed by atoms with Crippen LogP contribution in [0, 0.1) is 0 Å². The van der Waals surface area contributed by atoms with Gasteiger partial charge in [0.1, 0.15) is 5.75 Å². The molecule has 0 amide bonds. The van der Waals surface area contributed by atoms with Crippen molar-refractivity contribution in [1.82, 2.24) is 14.6 Å². The molecule has 0 bridgehead atoms. The van der Waals surface area contributed by atoms with Gasteiger partial charge in [0.2, 0.25) is 4.96 Å². The summed E-state index contributed by atoms with van der Waals surface area (Å²) in [4.78, 5) is 18.2. The molecule has 7 nitrogen and oxygen atoms in total. The molecular formula is C28H33N3O4S. The molecule has 4 aromatic rings. The van der Waals surface area contributed by atoms with Gasteiger partial charge in [0.05, 0.1) is 24.4 Å². The predicted molar refractivity (Wildman–Crippen MR) is 144 cm³/mol. The molecule has 2 aromatic carbocycles. The van der Waals surface area contributed by atoms with Crippen molar-refractivity contribution in [3.63, 3.8) is 0 Å². The van der Waals surface area contributed by atoms with Crippen LogP contribution in [0.3, 0.4) is 0 Å². The van der Waals surface area contributed by atoms with E-state index >= 15 is 0 Å². The Morgan fingerprint density at radius 2 is 1.72 bits per heavy atom. The van der Waals surface area contributed by atoms with E-state index < -0.39 is 0 Å². The van der Waals surface area contributed by atoms with Gasteiger partial charge in [-0.25, -0.2) is 0 Å². The summed E-state index contributed by atoms with van der Waals surface area (Å²) in [6, 6.07) is 13.4. The Labute approximate surface area is 215 Å². The van der Waals surface area contributed by atoms with E-state index in [0.717, 1.165) is 36.3 Å². The summed E-state index contributed by atoms with van der Waals surface area (Å²) in [6.45, 7) is 8.07. The van der Waals surface area contributed by atoms with Crippen molar-refractivity contribution in [2.24, 2.45) is 0 Å². The van der Waals surface area contributed by atoms with Gasteiger partial charge in [-0.15, -0.1) is 5.10 Å². The van der Waals surface area contributed by atoms with Crippen molar-refractivity contribution in [1.29, 1.82) is 0 Å². The highest BCUT2D eigenvalue weighted by Crippen LogP contribution is 2.29. The van der Waals surface area contributed by atoms with Gasteiger partial charge in [0.25, 0.3) is 5.56 Å². The molecular weight excluding hydrogens is 474 g/mol. The average Bonchev–Trinajstić information content (AvgIpc) is 3.43. The number of aromatic nitrogens is 3. The second-order valence-electron chi connectivity index (χ2n) is 8.47. The third kappa shape index (κ3) is 6.23. The molecule has 0 aliphatic carbocycles. The fourth-order valence-corrected chi connectivity index (χ4v) is 4.65. The first kappa shape index (κ1) is 25.7. The minimum atomic E-state index is -0.190. The van der Waals surface area contributed by atoms with Crippen molar-refractivity contribution in [3.8, 4) is 28.6 Å². The molecule has 0 spiro atoms. The first-order valence-corrected chi connectivity index (χ1v) is 13.5. The molecule has 2 heterocycles. The lowest BCUT2D eigenvalue weighted by Crippen LogP contribution is -2.23. The monoisotopic (exact) mass is 507 g/mol. The number of rotatable bonds is 13. The minimum absolute atomic E-state index is 0.190. The molecule has 0 fully saturated rings. The highest BCUT2D eigenvalue weighted by Gasteiger charge is 2.13. The van der Waals surface area contributed by atoms with Crippen LogP contribution in [0.25, 0.3) is 22.4 Å². The Morgan fingerprint density at radius 3 is 2.44 bits per heavy atom. The molecule has 2 aromatic heterocycles. The first-order valence-electron chi connectivity index (χ1n) is 12.7. The van der Waals surface area contributed by atoms with E-state index in [1.54, 1.807) is 0 Å². The van der Waals surface area contributed by atoms with Gasteiger partial charge in [-0.2, -0.15) is 9.50 Å². The fourth-order valence-electron chi connectivity index (χ4n) is 3.74. The summed E-state index contributed by atoms with van der Waals surface area (Å²) < 4.78 is 19.3. The van der Waals surface area contributed by atoms with Gasteiger partial charge in [0.15, 0.2) is 17.3 Å². The molecule has 0 saturated carbocycles. The molecule has 36 heavy (non-hydrogen) atoms. The van der Waals surface area contributed by atoms with Gasteiger partial charge in [-0.3, -0.25) is 4.79 Å². The average molecular weight is 508 g/mol. The fraction of sp³-hybridized carbons (Fsp3) is 0.393. The van der Waals surface area contributed by atoms with E-state index in [0.29, 0.717) is 40.0 Å². The van der Waals surface area contributed by atoms with Crippen LogP contribution < -0.4 is 24.3 Å². The first-order chi connectivity index (χ1) is 17.6. The van der Waals surface area contributed by atoms with Crippen LogP contribution in [-0.4, -0.2) is 34.4 Å². The second kappa shape index (κ2) is 12.5. The van der Waals surface area contributed by atoms with Crippen molar-refractivity contribution < 1.29 is 14.2 Å². The Hall–Kier alpha value is -3.39. The third-order valence-electron chi connectivity index (χ3n) is 5.59. The van der Waals surface area contributed by atoms with Crippen LogP contribution in [0.2, 0.25) is 0 Å². The Morgan fingerprint density at radius 1 is 0.889 bits per heavy atom. The molecule has 8 heteroatoms. The molecule has 0 saturated heterocycles. The maximum absolute atomic E-state index is 13.0. The van der Waals surface area contributed by atoms with E-state index in [-0.39, 0.29) is 5.56 Å². The number of nitrogens with zero attached hydrogens (tertiary/aromatic N) is 3. The summed E-state index contributed by atoms with van der Waals surface area (Å²) in [5, 5.41) is 4.46. The van der Waals surface area contributed by atoms with E-state index in [1.165, 1.54) is 35.1 Å². The number of thiazole rings is 1. The smallest absolute Gasteiger partial charge is 0.291 e. The van der Waals surface area contributed by atoms with Gasteiger partial charge < -0.3 is 14.2 Å². The van der Waals surface area contributed by atoms with E-state index in [9.17, 15) is 4.79 Å². The molecule has 0 aliphatic rings. The third-order valence-corrected chi connectivity index (χ3v) is 6.55. The van der Waals surface area contributed by atoms with E-state index in [1.807, 2.05) is 55.5 Å². The molecule has 4 rings (SSSR count). The molecule has 0 atom stereocenters. The van der Waals surface area contributed by atoms with Crippen LogP contribution in [0.1, 0.15) is 58.4 Å². The van der Waals surface area contributed by atoms with Crippen LogP contribution in [0.4, 0.5) is 0 Å². The summed E-state index contributed by atoms with van der Waals surface area (Å²) in [6.07, 6.45) is 7.45. The minimum Gasteiger partial charge on any atom is -0.494 e. The molecule has 0 radical (unpaired) electrons. The number of ether oxygens (including phenoxy) is 3. The quantitative estimate of drug-likeness (QED) is 0.222. The zero-order chi connectivity index (χ0) is 25.3. The lowest BCUT2D eigenvalue weighted by Gasteiger charge is -2.11. The molecule has 0 aliphatic heterocycles. The number of fused-ring (bicyclic) bond motifs is 1. The van der Waals surface area contributed by atoms with Crippen LogP contribution in [0.15, 0.2) is 47.3 Å². The predicted octanol–water partition coefficient (Wildman–Crippen LogP) is 5.51. The Kier molecular flexibility index (Phi) is 8.95. The van der Waals surface area contributed by atoms with E-state index in [2.05, 4.69) is 23.9 Å². The second-order valence-corrected chi connectivity index (χ2v) is 9.48. The summed E-state index contributed by atoms with van der Waals surface area (Å²) in [5.41, 5.74) is 1.51. The lowest BCUT2D eigenvalue weighted by molar-refractivity contribution is 0.277. The standard InChI is InChI=1S/C28H33N3O4S/c1-4-7-8-9-17-34-22-13-11-21(12-14-22)26-29-28-31(30-26)27(32)25(36-28)19-20-10-15-23(35-16-5-2)24(18-20)33-6-3/h10-15,18-19H,4-9,16-17H2,1-3H3/b25-19+. The molecule has 0 N–H and O–H groups in total.